The van der Waals surface area contributed by atoms with Crippen molar-refractivity contribution in [3.05, 3.63) is 0 Å². The van der Waals surface area contributed by atoms with Crippen LogP contribution in [0.15, 0.2) is 0 Å². The molecule has 17 heavy (non-hydrogen) atoms. The van der Waals surface area contributed by atoms with E-state index in [1.807, 2.05) is 0 Å². The van der Waals surface area contributed by atoms with Crippen LogP contribution in [0.1, 0.15) is 20.8 Å². The number of hydrazine groups is 1. The van der Waals surface area contributed by atoms with Gasteiger partial charge >= 0.3 is 6.09 Å². The molecule has 0 saturated carbocycles. The highest BCUT2D eigenvalue weighted by molar-refractivity contribution is 5.80. The molecule has 0 bridgehead atoms. The third kappa shape index (κ3) is 5.01. The fraction of sp³-hybridized carbons (Fsp3) is 0.800. The van der Waals surface area contributed by atoms with Crippen LogP contribution >= 0.6 is 0 Å². The molecule has 1 saturated heterocycles. The lowest BCUT2D eigenvalue weighted by Crippen LogP contribution is -2.60. The molecule has 1 atom stereocenters. The Hall–Kier alpha value is -1.34. The van der Waals surface area contributed by atoms with Gasteiger partial charge in [-0.3, -0.25) is 10.2 Å². The van der Waals surface area contributed by atoms with Gasteiger partial charge in [0.15, 0.2) is 0 Å². The third-order valence-corrected chi connectivity index (χ3v) is 2.17. The van der Waals surface area contributed by atoms with Gasteiger partial charge in [0.1, 0.15) is 11.6 Å². The second-order valence-corrected chi connectivity index (χ2v) is 4.97. The highest BCUT2D eigenvalue weighted by Gasteiger charge is 2.25. The lowest BCUT2D eigenvalue weighted by molar-refractivity contribution is -0.121. The number of carbonyl (C=O) groups is 2. The van der Waals surface area contributed by atoms with E-state index in [1.54, 1.807) is 25.8 Å². The molecular weight excluding hydrogens is 224 g/mol. The van der Waals surface area contributed by atoms with Crippen molar-refractivity contribution in [3.8, 4) is 0 Å². The average Bonchev–Trinajstić information content (AvgIpc) is 2.14. The highest BCUT2D eigenvalue weighted by atomic mass is 16.6. The summed E-state index contributed by atoms with van der Waals surface area (Å²) in [6, 6.07) is -0.446. The molecule has 0 radical (unpaired) electrons. The molecule has 2 amide bonds. The zero-order valence-electron chi connectivity index (χ0n) is 10.4. The number of primary amides is 1. The van der Waals surface area contributed by atoms with Crippen LogP contribution in [0.2, 0.25) is 0 Å². The first kappa shape index (κ1) is 13.7. The molecule has 4 N–H and O–H groups in total. The monoisotopic (exact) mass is 244 g/mol. The van der Waals surface area contributed by atoms with Crippen LogP contribution in [0, 0.1) is 0 Å². The summed E-state index contributed by atoms with van der Waals surface area (Å²) in [4.78, 5) is 22.5. The van der Waals surface area contributed by atoms with Crippen molar-refractivity contribution in [1.82, 2.24) is 15.8 Å². The van der Waals surface area contributed by atoms with Gasteiger partial charge in [-0.25, -0.2) is 9.80 Å². The summed E-state index contributed by atoms with van der Waals surface area (Å²) in [5, 5.41) is 4.59. The lowest BCUT2D eigenvalue weighted by Gasteiger charge is -2.32. The van der Waals surface area contributed by atoms with Crippen LogP contribution in [-0.2, 0) is 9.53 Å². The summed E-state index contributed by atoms with van der Waals surface area (Å²) in [5.74, 6) is -0.430. The molecule has 0 aliphatic carbocycles. The second-order valence-electron chi connectivity index (χ2n) is 4.97. The van der Waals surface area contributed by atoms with E-state index >= 15 is 0 Å². The van der Waals surface area contributed by atoms with E-state index in [9.17, 15) is 9.59 Å². The molecule has 98 valence electrons. The van der Waals surface area contributed by atoms with Crippen molar-refractivity contribution in [1.29, 1.82) is 0 Å². The Bertz CT molecular complexity index is 300. The topological polar surface area (TPSA) is 96.7 Å². The van der Waals surface area contributed by atoms with Gasteiger partial charge in [-0.05, 0) is 20.8 Å². The quantitative estimate of drug-likeness (QED) is 0.590. The summed E-state index contributed by atoms with van der Waals surface area (Å²) in [6.07, 6.45) is -0.525. The number of nitrogens with zero attached hydrogens (tertiary/aromatic N) is 1. The summed E-state index contributed by atoms with van der Waals surface area (Å²) < 4.78 is 5.11. The smallest absolute Gasteiger partial charge is 0.422 e. The minimum Gasteiger partial charge on any atom is -0.443 e. The maximum Gasteiger partial charge on any atom is 0.422 e. The van der Waals surface area contributed by atoms with Crippen molar-refractivity contribution in [2.45, 2.75) is 32.4 Å². The molecule has 7 heteroatoms. The van der Waals surface area contributed by atoms with Crippen LogP contribution in [0.5, 0.6) is 0 Å². The van der Waals surface area contributed by atoms with E-state index in [2.05, 4.69) is 10.7 Å². The van der Waals surface area contributed by atoms with Crippen LogP contribution in [0.25, 0.3) is 0 Å². The number of amides is 2. The summed E-state index contributed by atoms with van der Waals surface area (Å²) in [7, 11) is 0. The Morgan fingerprint density at radius 1 is 1.47 bits per heavy atom. The van der Waals surface area contributed by atoms with E-state index < -0.39 is 23.6 Å². The Morgan fingerprint density at radius 2 is 2.12 bits per heavy atom. The van der Waals surface area contributed by atoms with Gasteiger partial charge in [0.2, 0.25) is 5.91 Å². The first-order chi connectivity index (χ1) is 7.78. The van der Waals surface area contributed by atoms with Crippen LogP contribution < -0.4 is 16.5 Å². The third-order valence-electron chi connectivity index (χ3n) is 2.17. The molecule has 1 aliphatic heterocycles. The highest BCUT2D eigenvalue weighted by Crippen LogP contribution is 2.07. The van der Waals surface area contributed by atoms with Crippen molar-refractivity contribution < 1.29 is 14.3 Å². The first-order valence-corrected chi connectivity index (χ1v) is 5.55. The maximum absolute atomic E-state index is 11.5. The largest absolute Gasteiger partial charge is 0.443 e. The number of piperazine rings is 1. The van der Waals surface area contributed by atoms with Crippen molar-refractivity contribution in [3.63, 3.8) is 0 Å². The number of hydrogen-bond acceptors (Lipinski definition) is 5. The fourth-order valence-electron chi connectivity index (χ4n) is 1.47. The van der Waals surface area contributed by atoms with Gasteiger partial charge in [0, 0.05) is 19.6 Å². The Morgan fingerprint density at radius 3 is 2.65 bits per heavy atom. The zero-order chi connectivity index (χ0) is 13.1. The number of nitrogens with one attached hydrogen (secondary N) is 2. The molecule has 1 aliphatic rings. The first-order valence-electron chi connectivity index (χ1n) is 5.55. The molecule has 0 unspecified atom stereocenters. The Balaban J connectivity index is 2.41. The van der Waals surface area contributed by atoms with Gasteiger partial charge in [-0.15, -0.1) is 0 Å². The van der Waals surface area contributed by atoms with E-state index in [0.29, 0.717) is 19.6 Å². The molecule has 1 fully saturated rings. The molecule has 0 aromatic carbocycles. The number of carbonyl (C=O) groups excluding carboxylic acids is 2. The Kier molecular flexibility index (Phi) is 4.30. The van der Waals surface area contributed by atoms with Crippen molar-refractivity contribution in [2.75, 3.05) is 19.6 Å². The maximum atomic E-state index is 11.5. The van der Waals surface area contributed by atoms with Crippen molar-refractivity contribution >= 4 is 12.0 Å². The van der Waals surface area contributed by atoms with E-state index in [1.165, 1.54) is 0 Å². The normalized spacial score (nSPS) is 21.9. The lowest BCUT2D eigenvalue weighted by atomic mass is 10.2. The number of nitrogens with two attached hydrogens (primary N) is 1. The summed E-state index contributed by atoms with van der Waals surface area (Å²) in [6.45, 7) is 6.89. The minimum atomic E-state index is -0.540. The molecular formula is C10H20N4O3. The van der Waals surface area contributed by atoms with Crippen LogP contribution in [0.3, 0.4) is 0 Å². The van der Waals surface area contributed by atoms with Gasteiger partial charge < -0.3 is 15.8 Å². The Labute approximate surface area is 101 Å². The van der Waals surface area contributed by atoms with Gasteiger partial charge in [-0.2, -0.15) is 0 Å². The van der Waals surface area contributed by atoms with Crippen molar-refractivity contribution in [2.24, 2.45) is 5.73 Å². The molecule has 7 nitrogen and oxygen atoms in total. The predicted molar refractivity (Wildman–Crippen MR) is 61.9 cm³/mol. The average molecular weight is 244 g/mol. The van der Waals surface area contributed by atoms with Gasteiger partial charge in [0.25, 0.3) is 0 Å². The van der Waals surface area contributed by atoms with Gasteiger partial charge in [0.05, 0.1) is 0 Å². The van der Waals surface area contributed by atoms with E-state index in [0.717, 1.165) is 0 Å². The SMILES string of the molecule is CC(C)(C)OC(=O)NN1CCN[C@H](C(N)=O)C1. The molecule has 1 heterocycles. The number of hydrogen-bond donors (Lipinski definition) is 3. The van der Waals surface area contributed by atoms with Gasteiger partial charge in [-0.1, -0.05) is 0 Å². The second kappa shape index (κ2) is 5.33. The molecule has 0 aromatic rings. The summed E-state index contributed by atoms with van der Waals surface area (Å²) >= 11 is 0. The molecule has 1 rings (SSSR count). The summed E-state index contributed by atoms with van der Waals surface area (Å²) in [5.41, 5.74) is 7.23. The minimum absolute atomic E-state index is 0.342. The predicted octanol–water partition coefficient (Wildman–Crippen LogP) is -0.815. The van der Waals surface area contributed by atoms with Crippen LogP contribution in [0.4, 0.5) is 4.79 Å². The zero-order valence-corrected chi connectivity index (χ0v) is 10.4. The number of ether oxygens (including phenoxy) is 1. The molecule has 0 aromatic heterocycles. The fourth-order valence-corrected chi connectivity index (χ4v) is 1.47. The van der Waals surface area contributed by atoms with Crippen LogP contribution in [-0.4, -0.2) is 48.3 Å². The van der Waals surface area contributed by atoms with E-state index in [-0.39, 0.29) is 0 Å². The molecule has 0 spiro atoms. The standard InChI is InChI=1S/C10H20N4O3/c1-10(2,3)17-9(16)13-14-5-4-12-7(6-14)8(11)15/h7,12H,4-6H2,1-3H3,(H2,11,15)(H,13,16)/t7-/m0/s1. The van der Waals surface area contributed by atoms with E-state index in [4.69, 9.17) is 10.5 Å². The number of rotatable bonds is 2.